The predicted octanol–water partition coefficient (Wildman–Crippen LogP) is 5.31. The largest absolute Gasteiger partial charge is 0.463 e. The van der Waals surface area contributed by atoms with E-state index in [0.717, 1.165) is 24.0 Å². The first kappa shape index (κ1) is 15.2. The molecule has 21 heavy (non-hydrogen) atoms. The molecule has 0 saturated heterocycles. The maximum Gasteiger partial charge on any atom is 0.228 e. The molecule has 2 aromatic carbocycles. The van der Waals surface area contributed by atoms with Crippen molar-refractivity contribution in [1.82, 2.24) is 0 Å². The normalized spacial score (nSPS) is 11.0. The first-order valence-electron chi connectivity index (χ1n) is 6.93. The molecule has 2 rings (SSSR count). The molecular formula is C18H18F2O. The summed E-state index contributed by atoms with van der Waals surface area (Å²) < 4.78 is 31.0. The van der Waals surface area contributed by atoms with Crippen LogP contribution in [0, 0.1) is 5.82 Å². The third-order valence-corrected chi connectivity index (χ3v) is 3.26. The van der Waals surface area contributed by atoms with Crippen LogP contribution in [0.3, 0.4) is 0 Å². The second-order valence-electron chi connectivity index (χ2n) is 4.70. The van der Waals surface area contributed by atoms with Crippen LogP contribution in [0.15, 0.2) is 54.6 Å². The highest BCUT2D eigenvalue weighted by atomic mass is 19.1. The molecule has 0 aliphatic rings. The van der Waals surface area contributed by atoms with Crippen molar-refractivity contribution in [3.63, 3.8) is 0 Å². The highest BCUT2D eigenvalue weighted by molar-refractivity contribution is 5.65. The van der Waals surface area contributed by atoms with Crippen LogP contribution in [0.1, 0.15) is 18.9 Å². The SMILES string of the molecule is C/C=C/CCc1ccc(-c2ccc(OCF)cc2)c(F)c1. The predicted molar refractivity (Wildman–Crippen MR) is 81.6 cm³/mol. The molecule has 0 fully saturated rings. The lowest BCUT2D eigenvalue weighted by molar-refractivity contribution is 0.192. The third kappa shape index (κ3) is 4.15. The molecule has 0 N–H and O–H groups in total. The Balaban J connectivity index is 2.16. The van der Waals surface area contributed by atoms with Gasteiger partial charge in [0.2, 0.25) is 6.86 Å². The fourth-order valence-corrected chi connectivity index (χ4v) is 2.16. The van der Waals surface area contributed by atoms with E-state index in [0.29, 0.717) is 11.3 Å². The Bertz CT molecular complexity index is 603. The second-order valence-corrected chi connectivity index (χ2v) is 4.70. The molecule has 0 saturated carbocycles. The number of aryl methyl sites for hydroxylation is 1. The lowest BCUT2D eigenvalue weighted by Gasteiger charge is -2.07. The van der Waals surface area contributed by atoms with Gasteiger partial charge in [0, 0.05) is 5.56 Å². The van der Waals surface area contributed by atoms with E-state index in [2.05, 4.69) is 6.08 Å². The van der Waals surface area contributed by atoms with E-state index in [4.69, 9.17) is 4.74 Å². The fraction of sp³-hybridized carbons (Fsp3) is 0.222. The van der Waals surface area contributed by atoms with Gasteiger partial charge in [0.25, 0.3) is 0 Å². The summed E-state index contributed by atoms with van der Waals surface area (Å²) in [5.41, 5.74) is 2.27. The molecule has 1 nitrogen and oxygen atoms in total. The number of hydrogen-bond donors (Lipinski definition) is 0. The summed E-state index contributed by atoms with van der Waals surface area (Å²) in [4.78, 5) is 0. The minimum absolute atomic E-state index is 0.243. The van der Waals surface area contributed by atoms with E-state index in [1.165, 1.54) is 0 Å². The monoisotopic (exact) mass is 288 g/mol. The summed E-state index contributed by atoms with van der Waals surface area (Å²) in [6.07, 6.45) is 5.79. The molecule has 0 aliphatic heterocycles. The van der Waals surface area contributed by atoms with Crippen molar-refractivity contribution in [2.45, 2.75) is 19.8 Å². The van der Waals surface area contributed by atoms with Crippen molar-refractivity contribution in [3.05, 3.63) is 66.0 Å². The molecule has 0 unspecified atom stereocenters. The van der Waals surface area contributed by atoms with Crippen molar-refractivity contribution in [2.75, 3.05) is 6.86 Å². The van der Waals surface area contributed by atoms with Crippen molar-refractivity contribution < 1.29 is 13.5 Å². The van der Waals surface area contributed by atoms with Gasteiger partial charge in [-0.2, -0.15) is 0 Å². The van der Waals surface area contributed by atoms with E-state index in [1.807, 2.05) is 19.1 Å². The summed E-state index contributed by atoms with van der Waals surface area (Å²) in [6, 6.07) is 12.0. The van der Waals surface area contributed by atoms with Gasteiger partial charge in [0.05, 0.1) is 0 Å². The van der Waals surface area contributed by atoms with E-state index >= 15 is 0 Å². The maximum atomic E-state index is 14.2. The van der Waals surface area contributed by atoms with E-state index in [1.54, 1.807) is 36.4 Å². The molecular weight excluding hydrogens is 270 g/mol. The number of ether oxygens (including phenoxy) is 1. The van der Waals surface area contributed by atoms with Crippen LogP contribution in [0.2, 0.25) is 0 Å². The number of allylic oxidation sites excluding steroid dienone is 2. The Labute approximate surface area is 123 Å². The molecule has 0 atom stereocenters. The van der Waals surface area contributed by atoms with Gasteiger partial charge in [-0.1, -0.05) is 36.4 Å². The van der Waals surface area contributed by atoms with Gasteiger partial charge in [-0.25, -0.2) is 8.78 Å². The lowest BCUT2D eigenvalue weighted by Crippen LogP contribution is -1.91. The van der Waals surface area contributed by atoms with Crippen molar-refractivity contribution in [3.8, 4) is 16.9 Å². The van der Waals surface area contributed by atoms with Crippen LogP contribution < -0.4 is 4.74 Å². The quantitative estimate of drug-likeness (QED) is 0.655. The van der Waals surface area contributed by atoms with Crippen LogP contribution >= 0.6 is 0 Å². The number of halogens is 2. The Morgan fingerprint density at radius 2 is 1.86 bits per heavy atom. The standard InChI is InChI=1S/C18H18F2O/c1-2-3-4-5-14-6-11-17(18(20)12-14)15-7-9-16(10-8-15)21-13-19/h2-3,6-12H,4-5,13H2,1H3/b3-2+. The Morgan fingerprint density at radius 1 is 1.10 bits per heavy atom. The molecule has 2 aromatic rings. The minimum atomic E-state index is -0.866. The smallest absolute Gasteiger partial charge is 0.228 e. The van der Waals surface area contributed by atoms with Crippen LogP contribution in [0.25, 0.3) is 11.1 Å². The molecule has 0 radical (unpaired) electrons. The van der Waals surface area contributed by atoms with E-state index < -0.39 is 6.86 Å². The zero-order valence-corrected chi connectivity index (χ0v) is 12.0. The molecule has 0 amide bonds. The maximum absolute atomic E-state index is 14.2. The summed E-state index contributed by atoms with van der Waals surface area (Å²) >= 11 is 0. The van der Waals surface area contributed by atoms with E-state index in [-0.39, 0.29) is 5.82 Å². The van der Waals surface area contributed by atoms with Crippen molar-refractivity contribution in [1.29, 1.82) is 0 Å². The van der Waals surface area contributed by atoms with Gasteiger partial charge in [-0.05, 0) is 49.1 Å². The van der Waals surface area contributed by atoms with Crippen molar-refractivity contribution >= 4 is 0 Å². The molecule has 0 bridgehead atoms. The lowest BCUT2D eigenvalue weighted by atomic mass is 10.0. The Hall–Kier alpha value is -2.16. The molecule has 0 heterocycles. The first-order chi connectivity index (χ1) is 10.2. The highest BCUT2D eigenvalue weighted by Crippen LogP contribution is 2.26. The summed E-state index contributed by atoms with van der Waals surface area (Å²) in [5.74, 6) is 0.191. The molecule has 0 spiro atoms. The Morgan fingerprint density at radius 3 is 2.48 bits per heavy atom. The van der Waals surface area contributed by atoms with Crippen LogP contribution in [-0.2, 0) is 6.42 Å². The summed E-state index contributed by atoms with van der Waals surface area (Å²) in [6.45, 7) is 1.11. The number of alkyl halides is 1. The van der Waals surface area contributed by atoms with Crippen LogP contribution in [0.5, 0.6) is 5.75 Å². The molecule has 3 heteroatoms. The van der Waals surface area contributed by atoms with Gasteiger partial charge in [-0.15, -0.1) is 0 Å². The highest BCUT2D eigenvalue weighted by Gasteiger charge is 2.06. The molecule has 110 valence electrons. The van der Waals surface area contributed by atoms with Gasteiger partial charge >= 0.3 is 0 Å². The minimum Gasteiger partial charge on any atom is -0.463 e. The van der Waals surface area contributed by atoms with Crippen LogP contribution in [-0.4, -0.2) is 6.86 Å². The first-order valence-corrected chi connectivity index (χ1v) is 6.93. The fourth-order valence-electron chi connectivity index (χ4n) is 2.16. The molecule has 0 aromatic heterocycles. The van der Waals surface area contributed by atoms with Gasteiger partial charge < -0.3 is 4.74 Å². The topological polar surface area (TPSA) is 9.23 Å². The summed E-state index contributed by atoms with van der Waals surface area (Å²) in [5, 5.41) is 0. The third-order valence-electron chi connectivity index (χ3n) is 3.26. The number of benzene rings is 2. The Kier molecular flexibility index (Phi) is 5.50. The van der Waals surface area contributed by atoms with E-state index in [9.17, 15) is 8.78 Å². The van der Waals surface area contributed by atoms with Crippen molar-refractivity contribution in [2.24, 2.45) is 0 Å². The molecule has 0 aliphatic carbocycles. The zero-order chi connectivity index (χ0) is 15.1. The summed E-state index contributed by atoms with van der Waals surface area (Å²) in [7, 11) is 0. The van der Waals surface area contributed by atoms with Crippen LogP contribution in [0.4, 0.5) is 8.78 Å². The van der Waals surface area contributed by atoms with Gasteiger partial charge in [0.15, 0.2) is 0 Å². The average Bonchev–Trinajstić information content (AvgIpc) is 2.49. The average molecular weight is 288 g/mol. The zero-order valence-electron chi connectivity index (χ0n) is 12.0. The van der Waals surface area contributed by atoms with Gasteiger partial charge in [0.1, 0.15) is 11.6 Å². The number of rotatable bonds is 6. The van der Waals surface area contributed by atoms with Gasteiger partial charge in [-0.3, -0.25) is 0 Å². The number of hydrogen-bond acceptors (Lipinski definition) is 1. The second kappa shape index (κ2) is 7.58.